The van der Waals surface area contributed by atoms with E-state index in [1.165, 1.54) is 11.3 Å². The summed E-state index contributed by atoms with van der Waals surface area (Å²) in [6.07, 6.45) is 1.97. The Morgan fingerprint density at radius 3 is 2.58 bits per heavy atom. The molecule has 0 aliphatic carbocycles. The van der Waals surface area contributed by atoms with E-state index in [0.29, 0.717) is 22.7 Å². The van der Waals surface area contributed by atoms with Gasteiger partial charge in [0, 0.05) is 16.6 Å². The number of rotatable bonds is 6. The summed E-state index contributed by atoms with van der Waals surface area (Å²) in [5.74, 6) is 0.680. The van der Waals surface area contributed by atoms with Crippen molar-refractivity contribution in [3.63, 3.8) is 0 Å². The Morgan fingerprint density at radius 1 is 1.17 bits per heavy atom. The molecule has 0 saturated carbocycles. The summed E-state index contributed by atoms with van der Waals surface area (Å²) >= 11 is 1.36. The Labute approximate surface area is 145 Å². The molecule has 2 heterocycles. The lowest BCUT2D eigenvalue weighted by Crippen LogP contribution is -2.02. The number of nitrogens with zero attached hydrogens (tertiary/aromatic N) is 1. The molecule has 3 rings (SSSR count). The summed E-state index contributed by atoms with van der Waals surface area (Å²) < 4.78 is 5.41. The van der Waals surface area contributed by atoms with Crippen molar-refractivity contribution < 1.29 is 9.53 Å². The Hall–Kier alpha value is -2.40. The minimum atomic E-state index is -0.0735. The lowest BCUT2D eigenvalue weighted by atomic mass is 10.1. The molecule has 4 nitrogen and oxygen atoms in total. The highest BCUT2D eigenvalue weighted by atomic mass is 32.1. The first-order chi connectivity index (χ1) is 11.6. The maximum atomic E-state index is 12.8. The van der Waals surface area contributed by atoms with E-state index in [1.54, 1.807) is 24.3 Å². The number of carbonyl (C=O) groups is 1. The van der Waals surface area contributed by atoms with Crippen LogP contribution in [0, 0.1) is 0 Å². The fraction of sp³-hybridized carbons (Fsp3) is 0.263. The van der Waals surface area contributed by atoms with E-state index in [2.05, 4.69) is 11.9 Å². The third kappa shape index (κ3) is 3.12. The molecule has 0 saturated heterocycles. The second-order valence-electron chi connectivity index (χ2n) is 5.54. The van der Waals surface area contributed by atoms with Crippen molar-refractivity contribution >= 4 is 33.0 Å². The van der Waals surface area contributed by atoms with Crippen molar-refractivity contribution in [3.8, 4) is 5.75 Å². The van der Waals surface area contributed by atoms with Gasteiger partial charge in [-0.15, -0.1) is 11.3 Å². The molecule has 0 fully saturated rings. The maximum absolute atomic E-state index is 12.8. The zero-order chi connectivity index (χ0) is 17.1. The third-order valence-corrected chi connectivity index (χ3v) is 4.91. The van der Waals surface area contributed by atoms with Crippen LogP contribution in [0.2, 0.25) is 0 Å². The van der Waals surface area contributed by atoms with Gasteiger partial charge in [-0.2, -0.15) is 0 Å². The number of nitrogen functional groups attached to an aromatic ring is 1. The number of ketones is 1. The smallest absolute Gasteiger partial charge is 0.205 e. The van der Waals surface area contributed by atoms with E-state index in [0.717, 1.165) is 34.5 Å². The van der Waals surface area contributed by atoms with Crippen molar-refractivity contribution in [1.82, 2.24) is 4.98 Å². The Morgan fingerprint density at radius 2 is 1.92 bits per heavy atom. The first-order valence-corrected chi connectivity index (χ1v) is 8.91. The summed E-state index contributed by atoms with van der Waals surface area (Å²) in [6, 6.07) is 11.1. The number of carbonyl (C=O) groups excluding carboxylic acids is 1. The van der Waals surface area contributed by atoms with Gasteiger partial charge in [0.05, 0.1) is 12.3 Å². The van der Waals surface area contributed by atoms with Crippen molar-refractivity contribution in [2.75, 3.05) is 12.3 Å². The number of aromatic nitrogens is 1. The second-order valence-corrected chi connectivity index (χ2v) is 6.54. The molecular weight excluding hydrogens is 320 g/mol. The maximum Gasteiger partial charge on any atom is 0.205 e. The minimum Gasteiger partial charge on any atom is -0.494 e. The van der Waals surface area contributed by atoms with Crippen LogP contribution >= 0.6 is 11.3 Å². The van der Waals surface area contributed by atoms with Crippen LogP contribution in [-0.2, 0) is 6.42 Å². The molecule has 5 heteroatoms. The standard InChI is InChI=1S/C19H20N2O2S/c1-3-5-13-8-11-15-16(20)18(24-19(15)21-13)17(22)12-6-9-14(10-7-12)23-4-2/h6-11H,3-5,20H2,1-2H3. The number of hydrogen-bond donors (Lipinski definition) is 1. The van der Waals surface area contributed by atoms with Gasteiger partial charge in [0.2, 0.25) is 5.78 Å². The van der Waals surface area contributed by atoms with Crippen LogP contribution in [0.3, 0.4) is 0 Å². The normalized spacial score (nSPS) is 10.9. The van der Waals surface area contributed by atoms with Crippen molar-refractivity contribution in [2.24, 2.45) is 0 Å². The molecular formula is C19H20N2O2S. The highest BCUT2D eigenvalue weighted by Crippen LogP contribution is 2.34. The number of hydrogen-bond acceptors (Lipinski definition) is 5. The van der Waals surface area contributed by atoms with E-state index in [1.807, 2.05) is 19.1 Å². The predicted molar refractivity (Wildman–Crippen MR) is 99.1 cm³/mol. The zero-order valence-corrected chi connectivity index (χ0v) is 14.7. The molecule has 1 aromatic carbocycles. The van der Waals surface area contributed by atoms with Crippen molar-refractivity contribution in [1.29, 1.82) is 0 Å². The number of benzene rings is 1. The van der Waals surface area contributed by atoms with Crippen molar-refractivity contribution in [3.05, 3.63) is 52.5 Å². The number of pyridine rings is 1. The molecule has 0 bridgehead atoms. The van der Waals surface area contributed by atoms with E-state index in [-0.39, 0.29) is 5.78 Å². The van der Waals surface area contributed by atoms with Crippen LogP contribution in [-0.4, -0.2) is 17.4 Å². The van der Waals surface area contributed by atoms with Gasteiger partial charge in [0.25, 0.3) is 0 Å². The van der Waals surface area contributed by atoms with Gasteiger partial charge >= 0.3 is 0 Å². The first kappa shape index (κ1) is 16.5. The topological polar surface area (TPSA) is 65.2 Å². The molecule has 0 aliphatic rings. The molecule has 3 aromatic rings. The van der Waals surface area contributed by atoms with E-state index >= 15 is 0 Å². The van der Waals surface area contributed by atoms with Gasteiger partial charge in [-0.1, -0.05) is 13.3 Å². The Bertz CT molecular complexity index is 869. The summed E-state index contributed by atoms with van der Waals surface area (Å²) in [6.45, 7) is 4.65. The van der Waals surface area contributed by atoms with Gasteiger partial charge in [0.1, 0.15) is 15.5 Å². The van der Waals surface area contributed by atoms with Crippen LogP contribution in [0.1, 0.15) is 41.2 Å². The SMILES string of the molecule is CCCc1ccc2c(N)c(C(=O)c3ccc(OCC)cc3)sc2n1. The first-order valence-electron chi connectivity index (χ1n) is 8.09. The van der Waals surface area contributed by atoms with E-state index in [9.17, 15) is 4.79 Å². The number of thiophene rings is 1. The number of nitrogens with two attached hydrogens (primary N) is 1. The fourth-order valence-electron chi connectivity index (χ4n) is 2.60. The Kier molecular flexibility index (Phi) is 4.81. The van der Waals surface area contributed by atoms with Crippen molar-refractivity contribution in [2.45, 2.75) is 26.7 Å². The van der Waals surface area contributed by atoms with Gasteiger partial charge in [-0.05, 0) is 49.7 Å². The molecule has 0 atom stereocenters. The van der Waals surface area contributed by atoms with E-state index in [4.69, 9.17) is 10.5 Å². The van der Waals surface area contributed by atoms with Gasteiger partial charge in [-0.3, -0.25) is 4.79 Å². The average molecular weight is 340 g/mol. The molecule has 0 spiro atoms. The van der Waals surface area contributed by atoms with Crippen LogP contribution < -0.4 is 10.5 Å². The lowest BCUT2D eigenvalue weighted by molar-refractivity contribution is 0.104. The van der Waals surface area contributed by atoms with Crippen LogP contribution in [0.25, 0.3) is 10.2 Å². The van der Waals surface area contributed by atoms with Crippen LogP contribution in [0.5, 0.6) is 5.75 Å². The molecule has 0 unspecified atom stereocenters. The molecule has 2 aromatic heterocycles. The van der Waals surface area contributed by atoms with Gasteiger partial charge in [0.15, 0.2) is 0 Å². The highest BCUT2D eigenvalue weighted by molar-refractivity contribution is 7.21. The summed E-state index contributed by atoms with van der Waals surface area (Å²) in [4.78, 5) is 18.8. The van der Waals surface area contributed by atoms with Crippen LogP contribution in [0.4, 0.5) is 5.69 Å². The molecule has 124 valence electrons. The molecule has 0 amide bonds. The molecule has 2 N–H and O–H groups in total. The second kappa shape index (κ2) is 7.01. The minimum absolute atomic E-state index is 0.0735. The monoisotopic (exact) mass is 340 g/mol. The summed E-state index contributed by atoms with van der Waals surface area (Å²) in [5.41, 5.74) is 8.36. The number of ether oxygens (including phenoxy) is 1. The van der Waals surface area contributed by atoms with E-state index < -0.39 is 0 Å². The Balaban J connectivity index is 1.95. The zero-order valence-electron chi connectivity index (χ0n) is 13.8. The molecule has 0 aliphatic heterocycles. The number of fused-ring (bicyclic) bond motifs is 1. The number of anilines is 1. The molecule has 0 radical (unpaired) electrons. The van der Waals surface area contributed by atoms with Gasteiger partial charge < -0.3 is 10.5 Å². The third-order valence-electron chi connectivity index (χ3n) is 3.79. The lowest BCUT2D eigenvalue weighted by Gasteiger charge is -2.04. The summed E-state index contributed by atoms with van der Waals surface area (Å²) in [5, 5.41) is 0.856. The average Bonchev–Trinajstić information content (AvgIpc) is 2.92. The van der Waals surface area contributed by atoms with Gasteiger partial charge in [-0.25, -0.2) is 4.98 Å². The highest BCUT2D eigenvalue weighted by Gasteiger charge is 2.19. The fourth-order valence-corrected chi connectivity index (χ4v) is 3.67. The summed E-state index contributed by atoms with van der Waals surface area (Å²) in [7, 11) is 0. The predicted octanol–water partition coefficient (Wildman–Crippen LogP) is 4.46. The number of aryl methyl sites for hydroxylation is 1. The quantitative estimate of drug-likeness (QED) is 0.673. The molecule has 24 heavy (non-hydrogen) atoms. The van der Waals surface area contributed by atoms with Crippen LogP contribution in [0.15, 0.2) is 36.4 Å². The largest absolute Gasteiger partial charge is 0.494 e.